The molecule has 0 aliphatic heterocycles. The number of halogens is 5. The van der Waals surface area contributed by atoms with E-state index in [0.29, 0.717) is 11.5 Å². The van der Waals surface area contributed by atoms with Crippen molar-refractivity contribution in [1.29, 1.82) is 0 Å². The maximum Gasteiger partial charge on any atom is 0.339 e. The summed E-state index contributed by atoms with van der Waals surface area (Å²) in [6, 6.07) is 8.89. The Morgan fingerprint density at radius 3 is 1.98 bits per heavy atom. The number of phenols is 1. The summed E-state index contributed by atoms with van der Waals surface area (Å²) in [4.78, 5) is 37.0. The second-order valence-electron chi connectivity index (χ2n) is 10.7. The Hall–Kier alpha value is -4.17. The Morgan fingerprint density at radius 2 is 1.44 bits per heavy atom. The van der Waals surface area contributed by atoms with E-state index >= 15 is 0 Å². The van der Waals surface area contributed by atoms with Crippen molar-refractivity contribution < 1.29 is 51.7 Å². The topological polar surface area (TPSA) is 118 Å². The van der Waals surface area contributed by atoms with Gasteiger partial charge in [0.25, 0.3) is 0 Å². The predicted molar refractivity (Wildman–Crippen MR) is 154 cm³/mol. The monoisotopic (exact) mass is 652 g/mol. The second-order valence-corrected chi connectivity index (χ2v) is 11.8. The summed E-state index contributed by atoms with van der Waals surface area (Å²) in [6.45, 7) is -0.202. The molecule has 1 aliphatic rings. The summed E-state index contributed by atoms with van der Waals surface area (Å²) in [7, 11) is 1.05. The lowest BCUT2D eigenvalue weighted by atomic mass is 9.84. The maximum atomic E-state index is 14.5. The lowest BCUT2D eigenvalue weighted by molar-refractivity contribution is -0.140. The zero-order chi connectivity index (χ0) is 33.0. The number of aromatic carboxylic acids is 1. The van der Waals surface area contributed by atoms with Crippen LogP contribution in [0.5, 0.6) is 5.75 Å². The summed E-state index contributed by atoms with van der Waals surface area (Å²) in [6.07, 6.45) is 4.55. The van der Waals surface area contributed by atoms with Crippen molar-refractivity contribution in [3.8, 4) is 5.75 Å². The molecular weight excluding hydrogens is 623 g/mol. The lowest BCUT2D eigenvalue weighted by Gasteiger charge is -2.32. The number of aliphatic carboxylic acids is 1. The number of carbonyl (C=O) groups is 3. The summed E-state index contributed by atoms with van der Waals surface area (Å²) in [5, 5.41) is 29.3. The summed E-state index contributed by atoms with van der Waals surface area (Å²) < 4.78 is 71.0. The number of anilines is 1. The number of hydrogen-bond acceptors (Lipinski definition) is 6. The van der Waals surface area contributed by atoms with Crippen molar-refractivity contribution in [2.24, 2.45) is 0 Å². The van der Waals surface area contributed by atoms with Crippen LogP contribution in [0.25, 0.3) is 0 Å². The van der Waals surface area contributed by atoms with Gasteiger partial charge < -0.3 is 20.2 Å². The minimum Gasteiger partial charge on any atom is -0.507 e. The molecule has 0 aromatic heterocycles. The standard InChI is InChI=1S/C31H29F5N2O6S/c1-37(45-29-27(35)25(33)24(32)26(34)28(29)36)21(14-23(40)41)30(42)38(19-11-12-20(31(43)44)22(39)13-19)15-16-7-9-18(10-8-16)17-5-3-2-4-6-17/h7-13,17,21,39H,2-6,14-15H2,1H3,(H,40,41)(H,43,44). The van der Waals surface area contributed by atoms with Gasteiger partial charge in [0.2, 0.25) is 11.7 Å². The fourth-order valence-corrected chi connectivity index (χ4v) is 6.19. The quantitative estimate of drug-likeness (QED) is 0.0892. The summed E-state index contributed by atoms with van der Waals surface area (Å²) >= 11 is -0.0428. The molecular formula is C31H29F5N2O6S. The van der Waals surface area contributed by atoms with Crippen molar-refractivity contribution in [1.82, 2.24) is 4.31 Å². The fourth-order valence-electron chi connectivity index (χ4n) is 5.27. The van der Waals surface area contributed by atoms with Gasteiger partial charge in [-0.05, 0) is 61.0 Å². The molecule has 1 fully saturated rings. The number of amides is 1. The fraction of sp³-hybridized carbons (Fsp3) is 0.323. The number of carboxylic acids is 2. The van der Waals surface area contributed by atoms with E-state index < -0.39 is 75.6 Å². The third kappa shape index (κ3) is 7.56. The van der Waals surface area contributed by atoms with Crippen LogP contribution in [0, 0.1) is 29.1 Å². The molecule has 1 unspecified atom stereocenters. The second kappa shape index (κ2) is 14.3. The number of nitrogens with zero attached hydrogens (tertiary/aromatic N) is 2. The van der Waals surface area contributed by atoms with Gasteiger partial charge in [0.05, 0.1) is 13.0 Å². The van der Waals surface area contributed by atoms with Crippen molar-refractivity contribution in [3.63, 3.8) is 0 Å². The van der Waals surface area contributed by atoms with Crippen LogP contribution >= 0.6 is 11.9 Å². The normalized spacial score (nSPS) is 14.4. The van der Waals surface area contributed by atoms with E-state index in [1.807, 2.05) is 12.1 Å². The number of hydrogen-bond donors (Lipinski definition) is 3. The molecule has 1 amide bonds. The van der Waals surface area contributed by atoms with E-state index in [-0.39, 0.29) is 24.2 Å². The average molecular weight is 653 g/mol. The van der Waals surface area contributed by atoms with Crippen molar-refractivity contribution >= 4 is 35.5 Å². The first kappa shape index (κ1) is 33.7. The molecule has 14 heteroatoms. The minimum absolute atomic E-state index is 0.0381. The van der Waals surface area contributed by atoms with E-state index in [9.17, 15) is 51.7 Å². The first-order chi connectivity index (χ1) is 21.3. The maximum absolute atomic E-state index is 14.5. The average Bonchev–Trinajstić information content (AvgIpc) is 3.02. The minimum atomic E-state index is -2.37. The van der Waals surface area contributed by atoms with Gasteiger partial charge in [0.1, 0.15) is 22.3 Å². The number of carboxylic acid groups (broad SMARTS) is 2. The number of carbonyl (C=O) groups excluding carboxylic acids is 1. The van der Waals surface area contributed by atoms with Gasteiger partial charge in [0.15, 0.2) is 23.3 Å². The van der Waals surface area contributed by atoms with Crippen LogP contribution in [0.1, 0.15) is 65.9 Å². The zero-order valence-electron chi connectivity index (χ0n) is 23.9. The van der Waals surface area contributed by atoms with Crippen LogP contribution in [0.3, 0.4) is 0 Å². The Labute approximate surface area is 259 Å². The molecule has 1 aliphatic carbocycles. The van der Waals surface area contributed by atoms with Gasteiger partial charge in [-0.25, -0.2) is 31.1 Å². The molecule has 0 bridgehead atoms. The Bertz CT molecular complexity index is 1570. The van der Waals surface area contributed by atoms with E-state index in [4.69, 9.17) is 0 Å². The molecule has 0 spiro atoms. The first-order valence-corrected chi connectivity index (χ1v) is 14.7. The summed E-state index contributed by atoms with van der Waals surface area (Å²) in [5.74, 6) is -15.4. The molecule has 0 saturated heterocycles. The Kier molecular flexibility index (Phi) is 10.7. The van der Waals surface area contributed by atoms with Crippen LogP contribution < -0.4 is 4.90 Å². The zero-order valence-corrected chi connectivity index (χ0v) is 24.7. The predicted octanol–water partition coefficient (Wildman–Crippen LogP) is 6.85. The van der Waals surface area contributed by atoms with Gasteiger partial charge in [-0.1, -0.05) is 43.5 Å². The number of benzene rings is 3. The van der Waals surface area contributed by atoms with E-state index in [2.05, 4.69) is 0 Å². The SMILES string of the molecule is CN(Sc1c(F)c(F)c(F)c(F)c1F)C(CC(=O)O)C(=O)N(Cc1ccc(C2CCCCC2)cc1)c1ccc(C(=O)O)c(O)c1. The highest BCUT2D eigenvalue weighted by Crippen LogP contribution is 2.36. The van der Waals surface area contributed by atoms with Gasteiger partial charge in [0, 0.05) is 11.8 Å². The van der Waals surface area contributed by atoms with Gasteiger partial charge in [-0.15, -0.1) is 0 Å². The molecule has 45 heavy (non-hydrogen) atoms. The molecule has 3 aromatic carbocycles. The van der Waals surface area contributed by atoms with Crippen LogP contribution in [0.4, 0.5) is 27.6 Å². The molecule has 4 rings (SSSR count). The number of rotatable bonds is 11. The van der Waals surface area contributed by atoms with Gasteiger partial charge >= 0.3 is 11.9 Å². The number of aromatic hydroxyl groups is 1. The molecule has 3 N–H and O–H groups in total. The lowest BCUT2D eigenvalue weighted by Crippen LogP contribution is -2.46. The largest absolute Gasteiger partial charge is 0.507 e. The van der Waals surface area contributed by atoms with Gasteiger partial charge in [-0.2, -0.15) is 0 Å². The van der Waals surface area contributed by atoms with Gasteiger partial charge in [-0.3, -0.25) is 9.59 Å². The van der Waals surface area contributed by atoms with E-state index in [0.717, 1.165) is 59.6 Å². The van der Waals surface area contributed by atoms with Crippen LogP contribution in [0.2, 0.25) is 0 Å². The first-order valence-electron chi connectivity index (χ1n) is 13.9. The Morgan fingerprint density at radius 1 is 0.867 bits per heavy atom. The van der Waals surface area contributed by atoms with Crippen LogP contribution in [-0.2, 0) is 16.1 Å². The Balaban J connectivity index is 1.71. The highest BCUT2D eigenvalue weighted by atomic mass is 32.2. The smallest absolute Gasteiger partial charge is 0.339 e. The molecule has 1 atom stereocenters. The van der Waals surface area contributed by atoms with Crippen molar-refractivity contribution in [3.05, 3.63) is 88.2 Å². The van der Waals surface area contributed by atoms with E-state index in [1.54, 1.807) is 12.1 Å². The van der Waals surface area contributed by atoms with Crippen molar-refractivity contribution in [2.75, 3.05) is 11.9 Å². The highest BCUT2D eigenvalue weighted by molar-refractivity contribution is 7.97. The third-order valence-electron chi connectivity index (χ3n) is 7.68. The molecule has 240 valence electrons. The van der Waals surface area contributed by atoms with Crippen LogP contribution in [-0.4, -0.2) is 50.6 Å². The number of likely N-dealkylation sites (N-methyl/N-ethyl adjacent to an activating group) is 1. The molecule has 3 aromatic rings. The molecule has 0 heterocycles. The van der Waals surface area contributed by atoms with Crippen LogP contribution in [0.15, 0.2) is 47.4 Å². The highest BCUT2D eigenvalue weighted by Gasteiger charge is 2.35. The molecule has 0 radical (unpaired) electrons. The van der Waals surface area contributed by atoms with Crippen molar-refractivity contribution in [2.45, 2.75) is 61.9 Å². The molecule has 8 nitrogen and oxygen atoms in total. The van der Waals surface area contributed by atoms with E-state index in [1.165, 1.54) is 12.5 Å². The summed E-state index contributed by atoms with van der Waals surface area (Å²) in [5.41, 5.74) is 1.18. The third-order valence-corrected chi connectivity index (χ3v) is 8.77. The molecule has 1 saturated carbocycles.